The number of ether oxygens (including phenoxy) is 3. The number of methoxy groups -OCH3 is 2. The van der Waals surface area contributed by atoms with Gasteiger partial charge in [-0.25, -0.2) is 4.99 Å². The number of hydrogen-bond acceptors (Lipinski definition) is 5. The van der Waals surface area contributed by atoms with Gasteiger partial charge in [-0.1, -0.05) is 19.3 Å². The van der Waals surface area contributed by atoms with E-state index in [1.807, 2.05) is 31.2 Å². The Hall–Kier alpha value is -2.64. The van der Waals surface area contributed by atoms with E-state index in [2.05, 4.69) is 14.5 Å². The molecule has 34 heavy (non-hydrogen) atoms. The zero-order chi connectivity index (χ0) is 23.9. The van der Waals surface area contributed by atoms with Crippen LogP contribution in [0.3, 0.4) is 0 Å². The maximum Gasteiger partial charge on any atom is 0.278 e. The van der Waals surface area contributed by atoms with Gasteiger partial charge in [0.05, 0.1) is 38.7 Å². The van der Waals surface area contributed by atoms with Crippen LogP contribution in [0.25, 0.3) is 11.3 Å². The van der Waals surface area contributed by atoms with Gasteiger partial charge in [0.15, 0.2) is 0 Å². The van der Waals surface area contributed by atoms with E-state index in [1.54, 1.807) is 20.4 Å². The highest BCUT2D eigenvalue weighted by molar-refractivity contribution is 6.01. The first kappa shape index (κ1) is 24.5. The second kappa shape index (κ2) is 11.7. The van der Waals surface area contributed by atoms with Gasteiger partial charge in [-0.05, 0) is 49.9 Å². The van der Waals surface area contributed by atoms with Crippen LogP contribution in [0.2, 0.25) is 0 Å². The fourth-order valence-electron chi connectivity index (χ4n) is 5.05. The average molecular weight is 468 g/mol. The quantitative estimate of drug-likeness (QED) is 0.531. The van der Waals surface area contributed by atoms with E-state index in [1.165, 1.54) is 32.1 Å². The monoisotopic (exact) mass is 467 g/mol. The number of hydrogen-bond donors (Lipinski definition) is 0. The smallest absolute Gasteiger partial charge is 0.278 e. The Labute approximate surface area is 202 Å². The van der Waals surface area contributed by atoms with E-state index in [0.29, 0.717) is 18.0 Å². The molecule has 0 unspecified atom stereocenters. The summed E-state index contributed by atoms with van der Waals surface area (Å²) in [5.41, 5.74) is 3.51. The molecule has 0 spiro atoms. The predicted molar refractivity (Wildman–Crippen MR) is 134 cm³/mol. The van der Waals surface area contributed by atoms with Crippen molar-refractivity contribution in [2.24, 2.45) is 10.9 Å². The predicted octanol–water partition coefficient (Wildman–Crippen LogP) is 4.60. The van der Waals surface area contributed by atoms with Crippen molar-refractivity contribution in [2.45, 2.75) is 45.6 Å². The molecule has 0 bridgehead atoms. The van der Waals surface area contributed by atoms with Gasteiger partial charge in [0, 0.05) is 43.7 Å². The van der Waals surface area contributed by atoms with Crippen LogP contribution in [0.15, 0.2) is 29.3 Å². The molecule has 2 heterocycles. The summed E-state index contributed by atoms with van der Waals surface area (Å²) in [6, 6.07) is 7.78. The molecule has 0 atom stereocenters. The average Bonchev–Trinajstić information content (AvgIpc) is 3.20. The molecule has 184 valence electrons. The number of benzene rings is 1. The van der Waals surface area contributed by atoms with E-state index in [4.69, 9.17) is 14.2 Å². The molecule has 1 amide bonds. The van der Waals surface area contributed by atoms with E-state index in [0.717, 1.165) is 61.3 Å². The number of aliphatic imine (C=N–C) groups is 1. The molecule has 1 aliphatic carbocycles. The van der Waals surface area contributed by atoms with Crippen molar-refractivity contribution in [1.82, 2.24) is 9.47 Å². The van der Waals surface area contributed by atoms with Gasteiger partial charge < -0.3 is 18.8 Å². The molecule has 1 aromatic carbocycles. The molecule has 2 fully saturated rings. The SMILES string of the molecule is COc1ccc(OC)c(-c2cc(C(=O)N=CCN3CCOCC3)c(C)n2CC2CCCCC2)c1. The highest BCUT2D eigenvalue weighted by Gasteiger charge is 2.23. The highest BCUT2D eigenvalue weighted by Crippen LogP contribution is 2.37. The fraction of sp³-hybridized carbons (Fsp3) is 0.556. The molecule has 1 aliphatic heterocycles. The van der Waals surface area contributed by atoms with Gasteiger partial charge in [-0.15, -0.1) is 0 Å². The van der Waals surface area contributed by atoms with E-state index in [-0.39, 0.29) is 5.91 Å². The van der Waals surface area contributed by atoms with Crippen molar-refractivity contribution >= 4 is 12.1 Å². The number of carbonyl (C=O) groups is 1. The lowest BCUT2D eigenvalue weighted by atomic mass is 9.89. The largest absolute Gasteiger partial charge is 0.497 e. The van der Waals surface area contributed by atoms with Crippen LogP contribution in [0.4, 0.5) is 0 Å². The normalized spacial score (nSPS) is 17.9. The zero-order valence-electron chi connectivity index (χ0n) is 20.7. The first-order valence-electron chi connectivity index (χ1n) is 12.4. The fourth-order valence-corrected chi connectivity index (χ4v) is 5.05. The molecule has 1 saturated heterocycles. The number of amides is 1. The summed E-state index contributed by atoms with van der Waals surface area (Å²) in [4.78, 5) is 19.7. The summed E-state index contributed by atoms with van der Waals surface area (Å²) in [7, 11) is 3.34. The topological polar surface area (TPSA) is 65.3 Å². The second-order valence-corrected chi connectivity index (χ2v) is 9.24. The Morgan fingerprint density at radius 3 is 2.59 bits per heavy atom. The third-order valence-corrected chi connectivity index (χ3v) is 7.10. The minimum Gasteiger partial charge on any atom is -0.497 e. The van der Waals surface area contributed by atoms with Crippen LogP contribution in [0.5, 0.6) is 11.5 Å². The maximum atomic E-state index is 13.2. The lowest BCUT2D eigenvalue weighted by molar-refractivity contribution is 0.0457. The van der Waals surface area contributed by atoms with Crippen LogP contribution >= 0.6 is 0 Å². The van der Waals surface area contributed by atoms with Crippen molar-refractivity contribution in [2.75, 3.05) is 47.1 Å². The Kier molecular flexibility index (Phi) is 8.40. The Morgan fingerprint density at radius 1 is 1.12 bits per heavy atom. The Balaban J connectivity index is 1.65. The molecule has 1 aromatic heterocycles. The van der Waals surface area contributed by atoms with Crippen molar-refractivity contribution in [3.05, 3.63) is 35.5 Å². The van der Waals surface area contributed by atoms with Gasteiger partial charge in [-0.2, -0.15) is 0 Å². The van der Waals surface area contributed by atoms with E-state index < -0.39 is 0 Å². The van der Waals surface area contributed by atoms with Gasteiger partial charge in [0.1, 0.15) is 11.5 Å². The minimum atomic E-state index is -0.198. The van der Waals surface area contributed by atoms with E-state index in [9.17, 15) is 4.79 Å². The molecule has 1 saturated carbocycles. The number of carbonyl (C=O) groups excluding carboxylic acids is 1. The molecular weight excluding hydrogens is 430 g/mol. The van der Waals surface area contributed by atoms with Crippen molar-refractivity contribution in [1.29, 1.82) is 0 Å². The number of nitrogens with zero attached hydrogens (tertiary/aromatic N) is 3. The zero-order valence-corrected chi connectivity index (χ0v) is 20.7. The van der Waals surface area contributed by atoms with Crippen LogP contribution in [0, 0.1) is 12.8 Å². The second-order valence-electron chi connectivity index (χ2n) is 9.24. The maximum absolute atomic E-state index is 13.2. The van der Waals surface area contributed by atoms with Crippen LogP contribution in [-0.4, -0.2) is 68.7 Å². The Bertz CT molecular complexity index is 1000. The molecule has 4 rings (SSSR count). The van der Waals surface area contributed by atoms with Gasteiger partial charge in [0.25, 0.3) is 5.91 Å². The van der Waals surface area contributed by atoms with Crippen molar-refractivity contribution < 1.29 is 19.0 Å². The highest BCUT2D eigenvalue weighted by atomic mass is 16.5. The summed E-state index contributed by atoms with van der Waals surface area (Å²) >= 11 is 0. The number of aromatic nitrogens is 1. The van der Waals surface area contributed by atoms with Crippen LogP contribution in [-0.2, 0) is 11.3 Å². The summed E-state index contributed by atoms with van der Waals surface area (Å²) in [5.74, 6) is 1.94. The first-order chi connectivity index (χ1) is 16.6. The molecular formula is C27H37N3O4. The molecule has 2 aliphatic rings. The minimum absolute atomic E-state index is 0.198. The van der Waals surface area contributed by atoms with Gasteiger partial charge in [0.2, 0.25) is 0 Å². The molecule has 2 aromatic rings. The van der Waals surface area contributed by atoms with Crippen molar-refractivity contribution in [3.63, 3.8) is 0 Å². The number of rotatable bonds is 8. The lowest BCUT2D eigenvalue weighted by Crippen LogP contribution is -2.37. The summed E-state index contributed by atoms with van der Waals surface area (Å²) in [5, 5.41) is 0. The number of morpholine rings is 1. The third-order valence-electron chi connectivity index (χ3n) is 7.10. The third kappa shape index (κ3) is 5.70. The van der Waals surface area contributed by atoms with Crippen molar-refractivity contribution in [3.8, 4) is 22.8 Å². The summed E-state index contributed by atoms with van der Waals surface area (Å²) in [6.45, 7) is 6.80. The van der Waals surface area contributed by atoms with Crippen LogP contribution in [0.1, 0.15) is 48.2 Å². The molecule has 0 radical (unpaired) electrons. The molecule has 7 heteroatoms. The summed E-state index contributed by atoms with van der Waals surface area (Å²) in [6.07, 6.45) is 8.07. The van der Waals surface area contributed by atoms with Crippen LogP contribution < -0.4 is 9.47 Å². The first-order valence-corrected chi connectivity index (χ1v) is 12.4. The molecule has 7 nitrogen and oxygen atoms in total. The van der Waals surface area contributed by atoms with E-state index >= 15 is 0 Å². The van der Waals surface area contributed by atoms with Gasteiger partial charge >= 0.3 is 0 Å². The van der Waals surface area contributed by atoms with Gasteiger partial charge in [-0.3, -0.25) is 9.69 Å². The molecule has 0 N–H and O–H groups in total. The summed E-state index contributed by atoms with van der Waals surface area (Å²) < 4.78 is 18.9. The standard InChI is InChI=1S/C27H37N3O4/c1-20-23(27(31)28-11-12-29-13-15-34-16-14-29)18-25(30(20)19-21-7-5-4-6-8-21)24-17-22(32-2)9-10-26(24)33-3/h9-11,17-18,21H,4-8,12-16,19H2,1-3H3. The lowest BCUT2D eigenvalue weighted by Gasteiger charge is -2.24. The Morgan fingerprint density at radius 2 is 1.88 bits per heavy atom.